The first kappa shape index (κ1) is 9.47. The van der Waals surface area contributed by atoms with Crippen molar-refractivity contribution in [3.63, 3.8) is 0 Å². The maximum Gasteiger partial charge on any atom is 0.0218 e. The van der Waals surface area contributed by atoms with Crippen molar-refractivity contribution in [1.82, 2.24) is 10.2 Å². The smallest absolute Gasteiger partial charge is 0.0218 e. The van der Waals surface area contributed by atoms with E-state index in [1.54, 1.807) is 0 Å². The molecule has 1 aliphatic heterocycles. The monoisotopic (exact) mass is 182 g/mol. The van der Waals surface area contributed by atoms with Crippen molar-refractivity contribution in [2.75, 3.05) is 26.2 Å². The Balaban J connectivity index is 1.72. The van der Waals surface area contributed by atoms with Gasteiger partial charge in [0.2, 0.25) is 0 Å². The van der Waals surface area contributed by atoms with Gasteiger partial charge in [-0.1, -0.05) is 19.8 Å². The Morgan fingerprint density at radius 1 is 1.38 bits per heavy atom. The Bertz CT molecular complexity index is 154. The molecule has 1 unspecified atom stereocenters. The first-order chi connectivity index (χ1) is 6.40. The Morgan fingerprint density at radius 2 is 2.23 bits per heavy atom. The van der Waals surface area contributed by atoms with E-state index in [2.05, 4.69) is 17.1 Å². The lowest BCUT2D eigenvalue weighted by molar-refractivity contribution is 0.153. The second kappa shape index (κ2) is 4.43. The lowest BCUT2D eigenvalue weighted by atomic mass is 10.1. The van der Waals surface area contributed by atoms with Gasteiger partial charge in [0.1, 0.15) is 0 Å². The maximum atomic E-state index is 3.48. The van der Waals surface area contributed by atoms with Gasteiger partial charge in [0.25, 0.3) is 0 Å². The van der Waals surface area contributed by atoms with Gasteiger partial charge in [-0.2, -0.15) is 0 Å². The summed E-state index contributed by atoms with van der Waals surface area (Å²) in [6, 6.07) is 0.812. The average Bonchev–Trinajstić information content (AvgIpc) is 2.99. The van der Waals surface area contributed by atoms with Crippen molar-refractivity contribution in [3.8, 4) is 0 Å². The van der Waals surface area contributed by atoms with E-state index in [1.807, 2.05) is 0 Å². The van der Waals surface area contributed by atoms with Crippen LogP contribution in [0.5, 0.6) is 0 Å². The first-order valence-electron chi connectivity index (χ1n) is 5.85. The third-order valence-corrected chi connectivity index (χ3v) is 3.46. The highest BCUT2D eigenvalue weighted by Crippen LogP contribution is 2.32. The molecule has 1 saturated heterocycles. The van der Waals surface area contributed by atoms with Crippen molar-refractivity contribution in [3.05, 3.63) is 0 Å². The van der Waals surface area contributed by atoms with Gasteiger partial charge < -0.3 is 5.32 Å². The van der Waals surface area contributed by atoms with Crippen LogP contribution in [0.2, 0.25) is 0 Å². The molecule has 76 valence electrons. The molecule has 2 nitrogen and oxygen atoms in total. The molecule has 0 bridgehead atoms. The van der Waals surface area contributed by atoms with E-state index >= 15 is 0 Å². The molecule has 0 aromatic rings. The fourth-order valence-electron chi connectivity index (χ4n) is 2.25. The lowest BCUT2D eigenvalue weighted by Crippen LogP contribution is -2.51. The summed E-state index contributed by atoms with van der Waals surface area (Å²) >= 11 is 0. The summed E-state index contributed by atoms with van der Waals surface area (Å²) in [6.45, 7) is 7.33. The molecule has 0 aromatic carbocycles. The number of nitrogens with one attached hydrogen (secondary N) is 1. The Kier molecular flexibility index (Phi) is 3.23. The molecule has 0 amide bonds. The highest BCUT2D eigenvalue weighted by atomic mass is 15.2. The third-order valence-electron chi connectivity index (χ3n) is 3.46. The molecular formula is C11H22N2. The van der Waals surface area contributed by atoms with Crippen molar-refractivity contribution >= 4 is 0 Å². The van der Waals surface area contributed by atoms with Gasteiger partial charge in [-0.05, 0) is 25.3 Å². The van der Waals surface area contributed by atoms with Gasteiger partial charge in [0.05, 0.1) is 0 Å². The van der Waals surface area contributed by atoms with Crippen molar-refractivity contribution in [2.45, 2.75) is 38.6 Å². The highest BCUT2D eigenvalue weighted by Gasteiger charge is 2.25. The Labute approximate surface area is 81.7 Å². The molecule has 0 spiro atoms. The predicted molar refractivity (Wildman–Crippen MR) is 55.9 cm³/mol. The van der Waals surface area contributed by atoms with Crippen LogP contribution in [0.15, 0.2) is 0 Å². The largest absolute Gasteiger partial charge is 0.314 e. The van der Waals surface area contributed by atoms with Crippen molar-refractivity contribution < 1.29 is 0 Å². The van der Waals surface area contributed by atoms with Crippen molar-refractivity contribution in [1.29, 1.82) is 0 Å². The molecule has 13 heavy (non-hydrogen) atoms. The van der Waals surface area contributed by atoms with Gasteiger partial charge in [-0.15, -0.1) is 0 Å². The molecule has 1 heterocycles. The molecule has 1 aliphatic carbocycles. The number of piperazine rings is 1. The summed E-state index contributed by atoms with van der Waals surface area (Å²) in [5.74, 6) is 1.09. The van der Waals surface area contributed by atoms with Crippen LogP contribution in [0.4, 0.5) is 0 Å². The molecule has 2 aliphatic rings. The summed E-state index contributed by atoms with van der Waals surface area (Å²) in [4.78, 5) is 2.69. The van der Waals surface area contributed by atoms with Crippen LogP contribution in [-0.2, 0) is 0 Å². The normalized spacial score (nSPS) is 30.7. The minimum atomic E-state index is 0.812. The van der Waals surface area contributed by atoms with Crippen LogP contribution < -0.4 is 5.32 Å². The molecule has 2 heteroatoms. The second-order valence-corrected chi connectivity index (χ2v) is 4.53. The molecule has 2 rings (SSSR count). The summed E-state index contributed by atoms with van der Waals surface area (Å²) < 4.78 is 0. The minimum Gasteiger partial charge on any atom is -0.314 e. The SMILES string of the molecule is CCC1CNCCN1CCC1CC1. The molecule has 1 N–H and O–H groups in total. The molecule has 1 saturated carbocycles. The minimum absolute atomic E-state index is 0.812. The zero-order chi connectivity index (χ0) is 9.10. The zero-order valence-corrected chi connectivity index (χ0v) is 8.76. The number of rotatable bonds is 4. The van der Waals surface area contributed by atoms with E-state index in [1.165, 1.54) is 51.9 Å². The topological polar surface area (TPSA) is 15.3 Å². The fraction of sp³-hybridized carbons (Fsp3) is 1.00. The van der Waals surface area contributed by atoms with Crippen LogP contribution in [0, 0.1) is 5.92 Å². The average molecular weight is 182 g/mol. The zero-order valence-electron chi connectivity index (χ0n) is 8.76. The van der Waals surface area contributed by atoms with Gasteiger partial charge in [0.15, 0.2) is 0 Å². The molecule has 2 fully saturated rings. The summed E-state index contributed by atoms with van der Waals surface area (Å²) in [6.07, 6.45) is 5.76. The quantitative estimate of drug-likeness (QED) is 0.708. The van der Waals surface area contributed by atoms with Gasteiger partial charge >= 0.3 is 0 Å². The lowest BCUT2D eigenvalue weighted by Gasteiger charge is -2.35. The van der Waals surface area contributed by atoms with E-state index in [4.69, 9.17) is 0 Å². The molecule has 1 atom stereocenters. The first-order valence-corrected chi connectivity index (χ1v) is 5.85. The van der Waals surface area contributed by atoms with E-state index in [0.29, 0.717) is 0 Å². The van der Waals surface area contributed by atoms with Crippen LogP contribution in [0.3, 0.4) is 0 Å². The Hall–Kier alpha value is -0.0800. The highest BCUT2D eigenvalue weighted by molar-refractivity contribution is 4.81. The predicted octanol–water partition coefficient (Wildman–Crippen LogP) is 1.47. The molecule has 0 aromatic heterocycles. The number of hydrogen-bond acceptors (Lipinski definition) is 2. The van der Waals surface area contributed by atoms with E-state index in [9.17, 15) is 0 Å². The fourth-order valence-corrected chi connectivity index (χ4v) is 2.25. The van der Waals surface area contributed by atoms with Gasteiger partial charge in [-0.3, -0.25) is 4.90 Å². The van der Waals surface area contributed by atoms with Crippen LogP contribution >= 0.6 is 0 Å². The second-order valence-electron chi connectivity index (χ2n) is 4.53. The standard InChI is InChI=1S/C11H22N2/c1-2-11-9-12-6-8-13(11)7-5-10-3-4-10/h10-12H,2-9H2,1H3. The van der Waals surface area contributed by atoms with Crippen LogP contribution in [-0.4, -0.2) is 37.1 Å². The molecular weight excluding hydrogens is 160 g/mol. The van der Waals surface area contributed by atoms with E-state index in [0.717, 1.165) is 12.0 Å². The summed E-state index contributed by atoms with van der Waals surface area (Å²) in [5.41, 5.74) is 0. The Morgan fingerprint density at radius 3 is 2.92 bits per heavy atom. The molecule has 0 radical (unpaired) electrons. The maximum absolute atomic E-state index is 3.48. The summed E-state index contributed by atoms with van der Waals surface area (Å²) in [5, 5.41) is 3.48. The van der Waals surface area contributed by atoms with Gasteiger partial charge in [0, 0.05) is 25.7 Å². The van der Waals surface area contributed by atoms with Gasteiger partial charge in [-0.25, -0.2) is 0 Å². The third kappa shape index (κ3) is 2.68. The van der Waals surface area contributed by atoms with Crippen LogP contribution in [0.25, 0.3) is 0 Å². The summed E-state index contributed by atoms with van der Waals surface area (Å²) in [7, 11) is 0. The van der Waals surface area contributed by atoms with Crippen molar-refractivity contribution in [2.24, 2.45) is 5.92 Å². The van der Waals surface area contributed by atoms with E-state index < -0.39 is 0 Å². The number of hydrogen-bond donors (Lipinski definition) is 1. The van der Waals surface area contributed by atoms with Crippen LogP contribution in [0.1, 0.15) is 32.6 Å². The van der Waals surface area contributed by atoms with E-state index in [-0.39, 0.29) is 0 Å². The number of nitrogens with zero attached hydrogens (tertiary/aromatic N) is 1.